The Morgan fingerprint density at radius 1 is 0.974 bits per heavy atom. The standard InChI is InChI=1S/C30H31FN6O2/c1-2-4-22-17-26(34-25-10-7-21(8-11-25)23-5-3-6-27(38)18-23)12-9-24(22)19-33-36-30-32-20-28(31)29(35-30)37-13-15-39-16-14-37/h3,5-12,17-18,20,34,38H,2,4,13-16,19H2,1H3. The summed E-state index contributed by atoms with van der Waals surface area (Å²) in [6, 6.07) is 21.5. The van der Waals surface area contributed by atoms with Crippen molar-refractivity contribution >= 4 is 23.1 Å². The topological polar surface area (TPSA) is 95.2 Å². The van der Waals surface area contributed by atoms with Gasteiger partial charge in [-0.25, -0.2) is 9.37 Å². The number of ether oxygens (including phenoxy) is 1. The molecule has 0 atom stereocenters. The van der Waals surface area contributed by atoms with Crippen LogP contribution >= 0.6 is 0 Å². The number of rotatable bonds is 9. The smallest absolute Gasteiger partial charge is 0.270 e. The SMILES string of the molecule is CCCc1cc(Nc2ccc(-c3cccc(O)c3)cc2)ccc1CN=Nc1ncc(F)c(N2CCOCC2)n1. The van der Waals surface area contributed by atoms with E-state index in [1.165, 1.54) is 5.56 Å². The Hall–Kier alpha value is -4.37. The predicted molar refractivity (Wildman–Crippen MR) is 151 cm³/mol. The third-order valence-corrected chi connectivity index (χ3v) is 6.50. The van der Waals surface area contributed by atoms with Gasteiger partial charge in [0.2, 0.25) is 0 Å². The first-order valence-electron chi connectivity index (χ1n) is 13.1. The summed E-state index contributed by atoms with van der Waals surface area (Å²) < 4.78 is 19.6. The molecule has 1 fully saturated rings. The van der Waals surface area contributed by atoms with Gasteiger partial charge in [-0.3, -0.25) is 0 Å². The molecule has 9 heteroatoms. The van der Waals surface area contributed by atoms with Crippen LogP contribution in [0.1, 0.15) is 24.5 Å². The molecule has 0 aliphatic carbocycles. The lowest BCUT2D eigenvalue weighted by Gasteiger charge is -2.27. The minimum Gasteiger partial charge on any atom is -0.508 e. The number of hydrogen-bond acceptors (Lipinski definition) is 8. The van der Waals surface area contributed by atoms with Crippen molar-refractivity contribution in [1.29, 1.82) is 0 Å². The second kappa shape index (κ2) is 12.4. The highest BCUT2D eigenvalue weighted by molar-refractivity contribution is 5.69. The second-order valence-electron chi connectivity index (χ2n) is 9.33. The predicted octanol–water partition coefficient (Wildman–Crippen LogP) is 6.80. The minimum atomic E-state index is -0.474. The van der Waals surface area contributed by atoms with Crippen molar-refractivity contribution in [1.82, 2.24) is 9.97 Å². The van der Waals surface area contributed by atoms with Gasteiger partial charge < -0.3 is 20.1 Å². The first-order valence-corrected chi connectivity index (χ1v) is 13.1. The second-order valence-corrected chi connectivity index (χ2v) is 9.33. The molecule has 0 unspecified atom stereocenters. The normalized spacial score (nSPS) is 13.6. The van der Waals surface area contributed by atoms with Gasteiger partial charge >= 0.3 is 0 Å². The Morgan fingerprint density at radius 2 is 1.77 bits per heavy atom. The van der Waals surface area contributed by atoms with E-state index in [-0.39, 0.29) is 17.5 Å². The Balaban J connectivity index is 1.26. The summed E-state index contributed by atoms with van der Waals surface area (Å²) in [6.07, 6.45) is 3.05. The van der Waals surface area contributed by atoms with Crippen LogP contribution in [0.4, 0.5) is 27.5 Å². The lowest BCUT2D eigenvalue weighted by molar-refractivity contribution is 0.122. The third kappa shape index (κ3) is 6.74. The van der Waals surface area contributed by atoms with Gasteiger partial charge in [-0.1, -0.05) is 43.7 Å². The molecule has 200 valence electrons. The lowest BCUT2D eigenvalue weighted by atomic mass is 10.0. The van der Waals surface area contributed by atoms with Gasteiger partial charge in [0.05, 0.1) is 26.0 Å². The Kier molecular flexibility index (Phi) is 8.38. The van der Waals surface area contributed by atoms with Gasteiger partial charge in [-0.15, -0.1) is 5.11 Å². The van der Waals surface area contributed by atoms with Crippen molar-refractivity contribution in [3.8, 4) is 16.9 Å². The Labute approximate surface area is 227 Å². The highest BCUT2D eigenvalue weighted by atomic mass is 19.1. The van der Waals surface area contributed by atoms with Crippen molar-refractivity contribution in [2.45, 2.75) is 26.3 Å². The molecule has 0 radical (unpaired) electrons. The molecule has 0 amide bonds. The van der Waals surface area contributed by atoms with E-state index in [1.807, 2.05) is 47.4 Å². The molecule has 3 aromatic carbocycles. The zero-order valence-corrected chi connectivity index (χ0v) is 21.8. The molecule has 2 heterocycles. The van der Waals surface area contributed by atoms with Gasteiger partial charge in [-0.05, 0) is 65.1 Å². The van der Waals surface area contributed by atoms with Crippen LogP contribution in [0.2, 0.25) is 0 Å². The van der Waals surface area contributed by atoms with Crippen LogP contribution in [0, 0.1) is 5.82 Å². The van der Waals surface area contributed by atoms with Crippen molar-refractivity contribution in [2.75, 3.05) is 36.5 Å². The number of halogens is 1. The fourth-order valence-electron chi connectivity index (χ4n) is 4.53. The summed E-state index contributed by atoms with van der Waals surface area (Å²) in [7, 11) is 0. The number of aromatic hydroxyl groups is 1. The van der Waals surface area contributed by atoms with E-state index in [0.717, 1.165) is 47.1 Å². The maximum Gasteiger partial charge on any atom is 0.270 e. The number of anilines is 3. The average Bonchev–Trinajstić information content (AvgIpc) is 2.96. The van der Waals surface area contributed by atoms with E-state index in [2.05, 4.69) is 44.6 Å². The molecular weight excluding hydrogens is 495 g/mol. The molecule has 1 saturated heterocycles. The first kappa shape index (κ1) is 26.2. The van der Waals surface area contributed by atoms with E-state index < -0.39 is 5.82 Å². The maximum atomic E-state index is 14.3. The van der Waals surface area contributed by atoms with Crippen LogP contribution < -0.4 is 10.2 Å². The van der Waals surface area contributed by atoms with Crippen LogP contribution in [0.25, 0.3) is 11.1 Å². The van der Waals surface area contributed by atoms with Gasteiger partial charge in [0, 0.05) is 24.5 Å². The highest BCUT2D eigenvalue weighted by Gasteiger charge is 2.17. The van der Waals surface area contributed by atoms with Crippen LogP contribution in [0.5, 0.6) is 5.75 Å². The number of nitrogens with one attached hydrogen (secondary N) is 1. The number of hydrogen-bond donors (Lipinski definition) is 2. The summed E-state index contributed by atoms with van der Waals surface area (Å²) in [5, 5.41) is 21.7. The van der Waals surface area contributed by atoms with Crippen molar-refractivity contribution in [2.24, 2.45) is 10.2 Å². The number of azo groups is 1. The van der Waals surface area contributed by atoms with Crippen LogP contribution in [0.3, 0.4) is 0 Å². The lowest BCUT2D eigenvalue weighted by Crippen LogP contribution is -2.37. The molecule has 1 aliphatic rings. The molecule has 5 rings (SSSR count). The zero-order valence-electron chi connectivity index (χ0n) is 21.8. The number of benzene rings is 3. The van der Waals surface area contributed by atoms with Gasteiger partial charge in [0.15, 0.2) is 11.6 Å². The quantitative estimate of drug-likeness (QED) is 0.233. The number of phenolic OH excluding ortho intramolecular Hbond substituents is 1. The molecule has 2 N–H and O–H groups in total. The Morgan fingerprint density at radius 3 is 2.54 bits per heavy atom. The van der Waals surface area contributed by atoms with Gasteiger partial charge in [-0.2, -0.15) is 10.1 Å². The Bertz CT molecular complexity index is 1440. The molecule has 0 spiro atoms. The van der Waals surface area contributed by atoms with E-state index >= 15 is 0 Å². The first-order chi connectivity index (χ1) is 19.1. The van der Waals surface area contributed by atoms with Gasteiger partial charge in [0.1, 0.15) is 5.75 Å². The summed E-state index contributed by atoms with van der Waals surface area (Å²) >= 11 is 0. The molecule has 4 aromatic rings. The van der Waals surface area contributed by atoms with Crippen LogP contribution in [0.15, 0.2) is 83.2 Å². The van der Waals surface area contributed by atoms with Crippen LogP contribution in [-0.2, 0) is 17.7 Å². The summed E-state index contributed by atoms with van der Waals surface area (Å²) in [5.41, 5.74) is 6.21. The summed E-state index contributed by atoms with van der Waals surface area (Å²) in [5.74, 6) is 0.153. The number of phenols is 1. The number of aromatic nitrogens is 2. The largest absolute Gasteiger partial charge is 0.508 e. The summed E-state index contributed by atoms with van der Waals surface area (Å²) in [4.78, 5) is 10.1. The fraction of sp³-hybridized carbons (Fsp3) is 0.267. The zero-order chi connectivity index (χ0) is 27.0. The van der Waals surface area contributed by atoms with Gasteiger partial charge in [0.25, 0.3) is 5.95 Å². The number of aryl methyl sites for hydroxylation is 1. The molecular formula is C30H31FN6O2. The third-order valence-electron chi connectivity index (χ3n) is 6.50. The van der Waals surface area contributed by atoms with E-state index in [0.29, 0.717) is 32.8 Å². The van der Waals surface area contributed by atoms with Crippen molar-refractivity contribution in [3.63, 3.8) is 0 Å². The van der Waals surface area contributed by atoms with Crippen molar-refractivity contribution < 1.29 is 14.2 Å². The van der Waals surface area contributed by atoms with Crippen molar-refractivity contribution in [3.05, 3.63) is 89.9 Å². The molecule has 0 saturated carbocycles. The number of morpholine rings is 1. The van der Waals surface area contributed by atoms with E-state index in [1.54, 1.807) is 12.1 Å². The highest BCUT2D eigenvalue weighted by Crippen LogP contribution is 2.27. The van der Waals surface area contributed by atoms with Crippen LogP contribution in [-0.4, -0.2) is 41.4 Å². The monoisotopic (exact) mass is 526 g/mol. The molecule has 0 bridgehead atoms. The fourth-order valence-corrected chi connectivity index (χ4v) is 4.53. The average molecular weight is 527 g/mol. The maximum absolute atomic E-state index is 14.3. The summed E-state index contributed by atoms with van der Waals surface area (Å²) in [6.45, 7) is 4.75. The number of nitrogens with zero attached hydrogens (tertiary/aromatic N) is 5. The molecule has 39 heavy (non-hydrogen) atoms. The molecule has 1 aromatic heterocycles. The van der Waals surface area contributed by atoms with E-state index in [9.17, 15) is 9.50 Å². The van der Waals surface area contributed by atoms with E-state index in [4.69, 9.17) is 4.74 Å². The molecule has 1 aliphatic heterocycles. The minimum absolute atomic E-state index is 0.141. The molecule has 8 nitrogen and oxygen atoms in total.